The fourth-order valence-electron chi connectivity index (χ4n) is 4.35. The van der Waals surface area contributed by atoms with E-state index in [2.05, 4.69) is 10.3 Å². The Labute approximate surface area is 202 Å². The van der Waals surface area contributed by atoms with Crippen LogP contribution < -0.4 is 10.2 Å². The monoisotopic (exact) mass is 496 g/mol. The number of sulfonamides is 1. The summed E-state index contributed by atoms with van der Waals surface area (Å²) in [5, 5.41) is 5.08. The highest BCUT2D eigenvalue weighted by Gasteiger charge is 2.27. The first-order valence-corrected chi connectivity index (χ1v) is 13.4. The third-order valence-corrected chi connectivity index (χ3v) is 8.87. The number of amides is 2. The van der Waals surface area contributed by atoms with E-state index in [-0.39, 0.29) is 16.7 Å². The van der Waals surface area contributed by atoms with Gasteiger partial charge >= 0.3 is 0 Å². The molecule has 1 aromatic heterocycles. The molecule has 8 nitrogen and oxygen atoms in total. The minimum atomic E-state index is -3.51. The number of carbonyl (C=O) groups excluding carboxylic acids is 2. The number of hydrogen-bond donors (Lipinski definition) is 1. The average Bonchev–Trinajstić information content (AvgIpc) is 3.59. The Bertz CT molecular complexity index is 1360. The fraction of sp³-hybridized carbons (Fsp3) is 0.292. The van der Waals surface area contributed by atoms with E-state index in [0.717, 1.165) is 36.1 Å². The molecule has 176 valence electrons. The summed E-state index contributed by atoms with van der Waals surface area (Å²) >= 11 is 1.31. The first-order chi connectivity index (χ1) is 16.3. The van der Waals surface area contributed by atoms with Gasteiger partial charge in [0.1, 0.15) is 0 Å². The molecule has 0 bridgehead atoms. The Morgan fingerprint density at radius 2 is 1.76 bits per heavy atom. The van der Waals surface area contributed by atoms with Crippen molar-refractivity contribution in [2.75, 3.05) is 29.9 Å². The standard InChI is InChI=1S/C24H24N4O4S2/c1-16(29)28-13-10-17-4-5-19(14-22(17)28)21-15-33-24(25-21)26-23(30)18-6-8-20(9-7-18)34(31,32)27-11-2-3-12-27/h4-9,14-15H,2-3,10-13H2,1H3,(H,25,26,30). The van der Waals surface area contributed by atoms with Crippen molar-refractivity contribution in [3.05, 3.63) is 59.0 Å². The van der Waals surface area contributed by atoms with Crippen molar-refractivity contribution in [2.24, 2.45) is 0 Å². The number of hydrogen-bond acceptors (Lipinski definition) is 6. The fourth-order valence-corrected chi connectivity index (χ4v) is 6.59. The Balaban J connectivity index is 1.29. The minimum Gasteiger partial charge on any atom is -0.312 e. The van der Waals surface area contributed by atoms with Crippen LogP contribution in [-0.4, -0.2) is 49.2 Å². The molecular weight excluding hydrogens is 472 g/mol. The van der Waals surface area contributed by atoms with Crippen LogP contribution in [0.2, 0.25) is 0 Å². The summed E-state index contributed by atoms with van der Waals surface area (Å²) < 4.78 is 26.8. The molecule has 0 radical (unpaired) electrons. The third-order valence-electron chi connectivity index (χ3n) is 6.20. The van der Waals surface area contributed by atoms with Crippen molar-refractivity contribution >= 4 is 44.0 Å². The van der Waals surface area contributed by atoms with Gasteiger partial charge in [-0.2, -0.15) is 4.31 Å². The van der Waals surface area contributed by atoms with Gasteiger partial charge in [0, 0.05) is 48.8 Å². The lowest BCUT2D eigenvalue weighted by molar-refractivity contribution is -0.116. The zero-order chi connectivity index (χ0) is 23.9. The molecular formula is C24H24N4O4S2. The third kappa shape index (κ3) is 4.24. The number of aromatic nitrogens is 1. The molecule has 2 aliphatic rings. The normalized spacial score (nSPS) is 16.0. The molecule has 5 rings (SSSR count). The number of carbonyl (C=O) groups is 2. The predicted octanol–water partition coefficient (Wildman–Crippen LogP) is 3.76. The van der Waals surface area contributed by atoms with E-state index in [9.17, 15) is 18.0 Å². The van der Waals surface area contributed by atoms with Crippen LogP contribution in [0.25, 0.3) is 11.3 Å². The Kier molecular flexibility index (Phi) is 5.97. The van der Waals surface area contributed by atoms with Gasteiger partial charge in [0.05, 0.1) is 10.6 Å². The Hall–Kier alpha value is -3.08. The van der Waals surface area contributed by atoms with Crippen LogP contribution in [0.3, 0.4) is 0 Å². The highest BCUT2D eigenvalue weighted by atomic mass is 32.2. The van der Waals surface area contributed by atoms with Crippen LogP contribution >= 0.6 is 11.3 Å². The number of fused-ring (bicyclic) bond motifs is 1. The largest absolute Gasteiger partial charge is 0.312 e. The number of rotatable bonds is 5. The summed E-state index contributed by atoms with van der Waals surface area (Å²) in [5.41, 5.74) is 3.99. The van der Waals surface area contributed by atoms with Gasteiger partial charge in [0.15, 0.2) is 5.13 Å². The van der Waals surface area contributed by atoms with Gasteiger partial charge in [-0.05, 0) is 55.2 Å². The summed E-state index contributed by atoms with van der Waals surface area (Å²) in [6, 6.07) is 11.9. The predicted molar refractivity (Wildman–Crippen MR) is 132 cm³/mol. The van der Waals surface area contributed by atoms with Crippen LogP contribution in [0.15, 0.2) is 52.7 Å². The van der Waals surface area contributed by atoms with Crippen molar-refractivity contribution < 1.29 is 18.0 Å². The van der Waals surface area contributed by atoms with Crippen molar-refractivity contribution in [2.45, 2.75) is 31.1 Å². The number of anilines is 2. The van der Waals surface area contributed by atoms with Gasteiger partial charge in [0.25, 0.3) is 5.91 Å². The molecule has 2 amide bonds. The molecule has 3 aromatic rings. The molecule has 0 aliphatic carbocycles. The highest BCUT2D eigenvalue weighted by molar-refractivity contribution is 7.89. The molecule has 0 atom stereocenters. The van der Waals surface area contributed by atoms with Crippen LogP contribution in [0.5, 0.6) is 0 Å². The number of benzene rings is 2. The van der Waals surface area contributed by atoms with Crippen molar-refractivity contribution in [3.8, 4) is 11.3 Å². The quantitative estimate of drug-likeness (QED) is 0.580. The van der Waals surface area contributed by atoms with Gasteiger partial charge in [0.2, 0.25) is 15.9 Å². The molecule has 0 unspecified atom stereocenters. The molecule has 3 heterocycles. The Morgan fingerprint density at radius 1 is 1.03 bits per heavy atom. The summed E-state index contributed by atoms with van der Waals surface area (Å²) in [6.45, 7) is 3.32. The molecule has 2 aliphatic heterocycles. The van der Waals surface area contributed by atoms with Gasteiger partial charge in [-0.15, -0.1) is 11.3 Å². The van der Waals surface area contributed by atoms with Gasteiger partial charge in [-0.25, -0.2) is 13.4 Å². The van der Waals surface area contributed by atoms with E-state index in [1.54, 1.807) is 11.8 Å². The van der Waals surface area contributed by atoms with Crippen molar-refractivity contribution in [1.29, 1.82) is 0 Å². The zero-order valence-electron chi connectivity index (χ0n) is 18.7. The molecule has 1 fully saturated rings. The maximum absolute atomic E-state index is 12.7. The smallest absolute Gasteiger partial charge is 0.257 e. The molecule has 0 spiro atoms. The number of nitrogens with one attached hydrogen (secondary N) is 1. The van der Waals surface area contributed by atoms with Crippen LogP contribution in [0.4, 0.5) is 10.8 Å². The molecule has 10 heteroatoms. The second kappa shape index (κ2) is 8.94. The Morgan fingerprint density at radius 3 is 2.47 bits per heavy atom. The van der Waals surface area contributed by atoms with Crippen molar-refractivity contribution in [3.63, 3.8) is 0 Å². The average molecular weight is 497 g/mol. The summed E-state index contributed by atoms with van der Waals surface area (Å²) in [7, 11) is -3.51. The van der Waals surface area contributed by atoms with Crippen LogP contribution in [0.1, 0.15) is 35.7 Å². The minimum absolute atomic E-state index is 0.0152. The first-order valence-electron chi connectivity index (χ1n) is 11.1. The van der Waals surface area contributed by atoms with Crippen LogP contribution in [0, 0.1) is 0 Å². The van der Waals surface area contributed by atoms with E-state index < -0.39 is 10.0 Å². The molecule has 0 saturated carbocycles. The number of nitrogens with zero attached hydrogens (tertiary/aromatic N) is 3. The molecule has 1 N–H and O–H groups in total. The van der Waals surface area contributed by atoms with Gasteiger partial charge in [-0.3, -0.25) is 14.9 Å². The van der Waals surface area contributed by atoms with E-state index in [0.29, 0.717) is 36.0 Å². The summed E-state index contributed by atoms with van der Waals surface area (Å²) in [5.74, 6) is -0.343. The molecule has 2 aromatic carbocycles. The molecule has 1 saturated heterocycles. The number of thiazole rings is 1. The van der Waals surface area contributed by atoms with E-state index in [1.165, 1.54) is 39.9 Å². The van der Waals surface area contributed by atoms with Crippen molar-refractivity contribution in [1.82, 2.24) is 9.29 Å². The topological polar surface area (TPSA) is 99.7 Å². The lowest BCUT2D eigenvalue weighted by atomic mass is 10.1. The lowest BCUT2D eigenvalue weighted by Gasteiger charge is -2.15. The van der Waals surface area contributed by atoms with Gasteiger partial charge in [-0.1, -0.05) is 12.1 Å². The zero-order valence-corrected chi connectivity index (χ0v) is 20.3. The second-order valence-electron chi connectivity index (χ2n) is 8.39. The SMILES string of the molecule is CC(=O)N1CCc2ccc(-c3csc(NC(=O)c4ccc(S(=O)(=O)N5CCCC5)cc4)n3)cc21. The highest BCUT2D eigenvalue weighted by Crippen LogP contribution is 2.34. The van der Waals surface area contributed by atoms with E-state index in [1.807, 2.05) is 23.6 Å². The lowest BCUT2D eigenvalue weighted by Crippen LogP contribution is -2.27. The maximum atomic E-state index is 12.7. The second-order valence-corrected chi connectivity index (χ2v) is 11.2. The van der Waals surface area contributed by atoms with E-state index in [4.69, 9.17) is 0 Å². The van der Waals surface area contributed by atoms with Crippen LogP contribution in [-0.2, 0) is 21.2 Å². The maximum Gasteiger partial charge on any atom is 0.257 e. The first kappa shape index (κ1) is 22.7. The van der Waals surface area contributed by atoms with Gasteiger partial charge < -0.3 is 4.90 Å². The summed E-state index contributed by atoms with van der Waals surface area (Å²) in [4.78, 5) is 31.1. The van der Waals surface area contributed by atoms with E-state index >= 15 is 0 Å². The molecule has 34 heavy (non-hydrogen) atoms. The summed E-state index contributed by atoms with van der Waals surface area (Å²) in [6.07, 6.45) is 2.58.